The minimum atomic E-state index is -1.10. The standard InChI is InChI=1S/C53H73N11O12/c1-36(2)28-38-7-9-39(10-8-38)37(3)51(73)57-17-14-45(59-46(65)32-60-19-21-61(33-48(67)68)23-25-63(35-50(71)72)26-24-62(22-20-60)34-49(69)70)53(75)56-15-5-27-76-41-11-12-44-43(29-41)42(13-16-55-44)52(74)58-31-47(66)64-18-4-6-40(64)30-54/h7-13,16,29,36-37,40,45H,4-6,14-15,17-28,31-35H2,1-3H3,(H,56,75)(H,57,73)(H,58,74)(H,59,65)(H,67,68)(H,69,70)(H,71,72)/t37-,40-,45-/m0/s1. The summed E-state index contributed by atoms with van der Waals surface area (Å²) >= 11 is 0. The molecule has 7 N–H and O–H groups in total. The van der Waals surface area contributed by atoms with Crippen LogP contribution < -0.4 is 26.0 Å². The van der Waals surface area contributed by atoms with Gasteiger partial charge in [0, 0.05) is 83.6 Å². The highest BCUT2D eigenvalue weighted by atomic mass is 16.5. The van der Waals surface area contributed by atoms with Crippen LogP contribution in [0.5, 0.6) is 5.75 Å². The Bertz CT molecular complexity index is 2490. The van der Waals surface area contributed by atoms with Gasteiger partial charge in [0.15, 0.2) is 0 Å². The van der Waals surface area contributed by atoms with Crippen molar-refractivity contribution in [1.82, 2.24) is 50.8 Å². The lowest BCUT2D eigenvalue weighted by Gasteiger charge is -2.33. The van der Waals surface area contributed by atoms with Gasteiger partial charge in [0.05, 0.1) is 62.4 Å². The monoisotopic (exact) mass is 1060 g/mol. The summed E-state index contributed by atoms with van der Waals surface area (Å²) in [7, 11) is 0. The normalized spacial score (nSPS) is 17.1. The Hall–Kier alpha value is -7.26. The molecular formula is C53H73N11O12. The molecule has 0 unspecified atom stereocenters. The Labute approximate surface area is 442 Å². The van der Waals surface area contributed by atoms with Crippen molar-refractivity contribution < 1.29 is 58.4 Å². The number of nitriles is 1. The second-order valence-corrected chi connectivity index (χ2v) is 19.6. The van der Waals surface area contributed by atoms with Crippen LogP contribution in [0.2, 0.25) is 0 Å². The Morgan fingerprint density at radius 2 is 1.30 bits per heavy atom. The summed E-state index contributed by atoms with van der Waals surface area (Å²) in [6.07, 6.45) is 4.07. The highest BCUT2D eigenvalue weighted by molar-refractivity contribution is 6.07. The van der Waals surface area contributed by atoms with E-state index < -0.39 is 53.6 Å². The van der Waals surface area contributed by atoms with Crippen LogP contribution in [0.1, 0.15) is 73.9 Å². The number of hydrogen-bond donors (Lipinski definition) is 7. The molecule has 23 nitrogen and oxygen atoms in total. The molecule has 1 aromatic heterocycles. The predicted molar refractivity (Wildman–Crippen MR) is 279 cm³/mol. The molecule has 2 aliphatic rings. The van der Waals surface area contributed by atoms with Gasteiger partial charge in [0.2, 0.25) is 23.6 Å². The molecule has 23 heteroatoms. The quantitative estimate of drug-likeness (QED) is 0.0578. The number of carbonyl (C=O) groups excluding carboxylic acids is 5. The molecule has 0 bridgehead atoms. The summed E-state index contributed by atoms with van der Waals surface area (Å²) in [4.78, 5) is 115. The van der Waals surface area contributed by atoms with Crippen molar-refractivity contribution in [3.8, 4) is 11.8 Å². The Morgan fingerprint density at radius 1 is 0.724 bits per heavy atom. The van der Waals surface area contributed by atoms with Gasteiger partial charge in [0.1, 0.15) is 17.8 Å². The van der Waals surface area contributed by atoms with E-state index in [1.165, 1.54) is 17.2 Å². The van der Waals surface area contributed by atoms with E-state index in [-0.39, 0.29) is 129 Å². The fraction of sp³-hybridized carbons (Fsp3) is 0.547. The Kier molecular flexibility index (Phi) is 23.8. The Balaban J connectivity index is 1.22. The number of fused-ring (bicyclic) bond motifs is 1. The molecule has 2 fully saturated rings. The van der Waals surface area contributed by atoms with Crippen molar-refractivity contribution in [2.24, 2.45) is 5.92 Å². The largest absolute Gasteiger partial charge is 0.494 e. The summed E-state index contributed by atoms with van der Waals surface area (Å²) in [5.74, 6) is -5.00. The van der Waals surface area contributed by atoms with E-state index >= 15 is 0 Å². The zero-order valence-corrected chi connectivity index (χ0v) is 43.7. The fourth-order valence-corrected chi connectivity index (χ4v) is 9.12. The van der Waals surface area contributed by atoms with Crippen molar-refractivity contribution in [3.63, 3.8) is 0 Å². The van der Waals surface area contributed by atoms with Crippen molar-refractivity contribution in [2.75, 3.05) is 111 Å². The number of carboxylic acids is 3. The topological polar surface area (TPSA) is 307 Å². The van der Waals surface area contributed by atoms with E-state index in [1.807, 2.05) is 24.3 Å². The first-order valence-corrected chi connectivity index (χ1v) is 25.9. The molecular weight excluding hydrogens is 983 g/mol. The second-order valence-electron chi connectivity index (χ2n) is 19.6. The Morgan fingerprint density at radius 3 is 1.87 bits per heavy atom. The molecule has 0 spiro atoms. The summed E-state index contributed by atoms with van der Waals surface area (Å²) in [6, 6.07) is 15.0. The SMILES string of the molecule is CC(C)Cc1ccc([C@H](C)C(=O)NCC[C@H](NC(=O)CN2CCN(CC(=O)O)CCN(CC(=O)O)CCN(CC(=O)O)CC2)C(=O)NCCCOc2ccc3nccc(C(=O)NCC(=O)N4CCC[C@H]4C#N)c3c2)cc1. The third-order valence-electron chi connectivity index (χ3n) is 13.2. The summed E-state index contributed by atoms with van der Waals surface area (Å²) < 4.78 is 6.01. The third kappa shape index (κ3) is 19.8. The van der Waals surface area contributed by atoms with Crippen molar-refractivity contribution in [3.05, 3.63) is 71.4 Å². The first-order chi connectivity index (χ1) is 36.4. The number of nitrogens with one attached hydrogen (secondary N) is 4. The van der Waals surface area contributed by atoms with E-state index in [0.29, 0.717) is 42.0 Å². The number of likely N-dealkylation sites (tertiary alicyclic amines) is 1. The van der Waals surface area contributed by atoms with Gasteiger partial charge in [-0.2, -0.15) is 5.26 Å². The maximum absolute atomic E-state index is 13.9. The van der Waals surface area contributed by atoms with Gasteiger partial charge in [-0.05, 0) is 80.3 Å². The van der Waals surface area contributed by atoms with Crippen molar-refractivity contribution >= 4 is 58.3 Å². The molecule has 3 atom stereocenters. The molecule has 3 heterocycles. The van der Waals surface area contributed by atoms with Gasteiger partial charge in [-0.3, -0.25) is 62.9 Å². The summed E-state index contributed by atoms with van der Waals surface area (Å²) in [6.45, 7) is 6.96. The second kappa shape index (κ2) is 30.3. The van der Waals surface area contributed by atoms with Gasteiger partial charge < -0.3 is 46.2 Å². The molecule has 5 amide bonds. The minimum Gasteiger partial charge on any atom is -0.494 e. The van der Waals surface area contributed by atoms with E-state index in [4.69, 9.17) is 4.74 Å². The number of ether oxygens (including phenoxy) is 1. The molecule has 5 rings (SSSR count). The van der Waals surface area contributed by atoms with Crippen LogP contribution in [0, 0.1) is 17.2 Å². The lowest BCUT2D eigenvalue weighted by molar-refractivity contribution is -0.140. The zero-order valence-electron chi connectivity index (χ0n) is 43.7. The maximum Gasteiger partial charge on any atom is 0.317 e. The van der Waals surface area contributed by atoms with Gasteiger partial charge >= 0.3 is 17.9 Å². The number of rotatable bonds is 25. The molecule has 0 saturated carbocycles. The fourth-order valence-electron chi connectivity index (χ4n) is 9.12. The van der Waals surface area contributed by atoms with Crippen LogP contribution in [0.3, 0.4) is 0 Å². The average molecular weight is 1060 g/mol. The van der Waals surface area contributed by atoms with E-state index in [2.05, 4.69) is 46.2 Å². The molecule has 3 aromatic rings. The average Bonchev–Trinajstić information content (AvgIpc) is 3.87. The molecule has 2 aromatic carbocycles. The van der Waals surface area contributed by atoms with Gasteiger partial charge in [-0.25, -0.2) is 0 Å². The van der Waals surface area contributed by atoms with Crippen LogP contribution in [0.15, 0.2) is 54.7 Å². The number of nitrogens with zero attached hydrogens (tertiary/aromatic N) is 7. The number of carbonyl (C=O) groups is 8. The molecule has 0 aliphatic carbocycles. The number of amides is 5. The van der Waals surface area contributed by atoms with E-state index in [1.54, 1.807) is 44.7 Å². The van der Waals surface area contributed by atoms with E-state index in [0.717, 1.165) is 24.0 Å². The highest BCUT2D eigenvalue weighted by Crippen LogP contribution is 2.24. The number of benzene rings is 2. The van der Waals surface area contributed by atoms with Crippen molar-refractivity contribution in [2.45, 2.75) is 70.9 Å². The lowest BCUT2D eigenvalue weighted by Crippen LogP contribution is -2.53. The number of aromatic nitrogens is 1. The van der Waals surface area contributed by atoms with E-state index in [9.17, 15) is 58.9 Å². The number of hydrogen-bond acceptors (Lipinski definition) is 15. The molecule has 2 aliphatic heterocycles. The smallest absolute Gasteiger partial charge is 0.317 e. The number of carboxylic acid groups (broad SMARTS) is 3. The minimum absolute atomic E-state index is 0.0271. The number of pyridine rings is 1. The zero-order chi connectivity index (χ0) is 55.1. The summed E-state index contributed by atoms with van der Waals surface area (Å²) in [5.41, 5.74) is 2.79. The van der Waals surface area contributed by atoms with Crippen LogP contribution in [0.25, 0.3) is 10.9 Å². The van der Waals surface area contributed by atoms with Gasteiger partial charge in [0.25, 0.3) is 5.91 Å². The van der Waals surface area contributed by atoms with Crippen molar-refractivity contribution in [1.29, 1.82) is 5.26 Å². The predicted octanol–water partition coefficient (Wildman–Crippen LogP) is 0.833. The lowest BCUT2D eigenvalue weighted by atomic mass is 9.96. The van der Waals surface area contributed by atoms with Crippen LogP contribution in [0.4, 0.5) is 0 Å². The first-order valence-electron chi connectivity index (χ1n) is 25.9. The first kappa shape index (κ1) is 59.6. The highest BCUT2D eigenvalue weighted by Gasteiger charge is 2.29. The molecule has 2 saturated heterocycles. The maximum atomic E-state index is 13.9. The van der Waals surface area contributed by atoms with Crippen LogP contribution in [-0.4, -0.2) is 216 Å². The van der Waals surface area contributed by atoms with Gasteiger partial charge in [-0.15, -0.1) is 0 Å². The van der Waals surface area contributed by atoms with Crippen LogP contribution in [-0.2, 0) is 40.0 Å². The molecule has 0 radical (unpaired) electrons. The third-order valence-corrected chi connectivity index (χ3v) is 13.2. The van der Waals surface area contributed by atoms with Crippen LogP contribution >= 0.6 is 0 Å². The molecule has 412 valence electrons. The van der Waals surface area contributed by atoms with Gasteiger partial charge in [-0.1, -0.05) is 38.1 Å². The number of aliphatic carboxylic acids is 3. The molecule has 76 heavy (non-hydrogen) atoms. The summed E-state index contributed by atoms with van der Waals surface area (Å²) in [5, 5.41) is 49.9.